The maximum absolute atomic E-state index is 12.2. The van der Waals surface area contributed by atoms with Crippen molar-refractivity contribution in [1.29, 1.82) is 0 Å². The zero-order valence-corrected chi connectivity index (χ0v) is 17.3. The highest BCUT2D eigenvalue weighted by molar-refractivity contribution is 5.78. The Morgan fingerprint density at radius 1 is 0.885 bits per heavy atom. The molecule has 0 aromatic heterocycles. The van der Waals surface area contributed by atoms with Gasteiger partial charge in [0.15, 0.2) is 0 Å². The normalized spacial score (nSPS) is 15.2. The van der Waals surface area contributed by atoms with Crippen LogP contribution in [0.1, 0.15) is 72.6 Å². The number of rotatable bonds is 10. The SMILES string of the molecule is CCCCCCCCCNCC(=O)N1CCN(C(=O)OC(C)(C)C)CC1. The van der Waals surface area contributed by atoms with Crippen molar-refractivity contribution in [3.05, 3.63) is 0 Å². The summed E-state index contributed by atoms with van der Waals surface area (Å²) in [6, 6.07) is 0. The van der Waals surface area contributed by atoms with E-state index in [0.29, 0.717) is 32.7 Å². The van der Waals surface area contributed by atoms with Gasteiger partial charge in [0.2, 0.25) is 5.91 Å². The fraction of sp³-hybridized carbons (Fsp3) is 0.900. The third-order valence-electron chi connectivity index (χ3n) is 4.52. The van der Waals surface area contributed by atoms with Crippen LogP contribution >= 0.6 is 0 Å². The molecule has 1 rings (SSSR count). The standard InChI is InChI=1S/C20H39N3O3/c1-5-6-7-8-9-10-11-12-21-17-18(24)22-13-15-23(16-14-22)19(25)26-20(2,3)4/h21H,5-17H2,1-4H3. The molecule has 0 spiro atoms. The van der Waals surface area contributed by atoms with Gasteiger partial charge in [-0.1, -0.05) is 45.4 Å². The quantitative estimate of drug-likeness (QED) is 0.600. The Morgan fingerprint density at radius 3 is 2.00 bits per heavy atom. The van der Waals surface area contributed by atoms with Crippen LogP contribution in [0.15, 0.2) is 0 Å². The van der Waals surface area contributed by atoms with Gasteiger partial charge in [0.25, 0.3) is 0 Å². The lowest BCUT2D eigenvalue weighted by atomic mass is 10.1. The molecule has 0 saturated carbocycles. The molecular weight excluding hydrogens is 330 g/mol. The number of ether oxygens (including phenoxy) is 1. The summed E-state index contributed by atoms with van der Waals surface area (Å²) in [5, 5.41) is 3.25. The molecule has 0 aliphatic carbocycles. The predicted molar refractivity (Wildman–Crippen MR) is 105 cm³/mol. The lowest BCUT2D eigenvalue weighted by molar-refractivity contribution is -0.132. The molecule has 0 atom stereocenters. The minimum Gasteiger partial charge on any atom is -0.444 e. The fourth-order valence-corrected chi connectivity index (χ4v) is 2.98. The number of amides is 2. The molecule has 1 N–H and O–H groups in total. The molecule has 0 radical (unpaired) electrons. The maximum atomic E-state index is 12.2. The van der Waals surface area contributed by atoms with Crippen molar-refractivity contribution >= 4 is 12.0 Å². The molecule has 6 heteroatoms. The van der Waals surface area contributed by atoms with Gasteiger partial charge in [0, 0.05) is 26.2 Å². The number of hydrogen-bond donors (Lipinski definition) is 1. The number of hydrogen-bond acceptors (Lipinski definition) is 4. The van der Waals surface area contributed by atoms with Gasteiger partial charge in [0.1, 0.15) is 5.60 Å². The highest BCUT2D eigenvalue weighted by Crippen LogP contribution is 2.12. The van der Waals surface area contributed by atoms with Crippen LogP contribution in [0, 0.1) is 0 Å². The molecular formula is C20H39N3O3. The van der Waals surface area contributed by atoms with Crippen molar-refractivity contribution < 1.29 is 14.3 Å². The summed E-state index contributed by atoms with van der Waals surface area (Å²) < 4.78 is 5.38. The summed E-state index contributed by atoms with van der Waals surface area (Å²) >= 11 is 0. The minimum atomic E-state index is -0.482. The molecule has 152 valence electrons. The van der Waals surface area contributed by atoms with Crippen molar-refractivity contribution in [2.75, 3.05) is 39.3 Å². The molecule has 0 aromatic carbocycles. The van der Waals surface area contributed by atoms with Crippen LogP contribution in [0.2, 0.25) is 0 Å². The van der Waals surface area contributed by atoms with E-state index in [1.54, 1.807) is 4.90 Å². The Morgan fingerprint density at radius 2 is 1.42 bits per heavy atom. The van der Waals surface area contributed by atoms with Gasteiger partial charge in [-0.25, -0.2) is 4.79 Å². The molecule has 1 heterocycles. The Balaban J connectivity index is 2.08. The van der Waals surface area contributed by atoms with Crippen molar-refractivity contribution in [2.45, 2.75) is 78.2 Å². The first kappa shape index (κ1) is 22.7. The largest absolute Gasteiger partial charge is 0.444 e. The van der Waals surface area contributed by atoms with Crippen LogP contribution in [-0.4, -0.2) is 66.7 Å². The molecule has 0 aromatic rings. The Kier molecular flexibility index (Phi) is 10.6. The summed E-state index contributed by atoms with van der Waals surface area (Å²) in [5.41, 5.74) is -0.482. The fourth-order valence-electron chi connectivity index (χ4n) is 2.98. The second-order valence-corrected chi connectivity index (χ2v) is 8.15. The van der Waals surface area contributed by atoms with Crippen LogP contribution in [-0.2, 0) is 9.53 Å². The Labute approximate surface area is 159 Å². The first-order chi connectivity index (χ1) is 12.3. The van der Waals surface area contributed by atoms with Crippen LogP contribution in [0.5, 0.6) is 0 Å². The van der Waals surface area contributed by atoms with E-state index in [1.165, 1.54) is 38.5 Å². The predicted octanol–water partition coefficient (Wildman–Crippen LogP) is 3.41. The van der Waals surface area contributed by atoms with E-state index in [0.717, 1.165) is 13.0 Å². The summed E-state index contributed by atoms with van der Waals surface area (Å²) in [6.07, 6.45) is 8.67. The van der Waals surface area contributed by atoms with E-state index in [4.69, 9.17) is 4.74 Å². The van der Waals surface area contributed by atoms with Gasteiger partial charge in [-0.05, 0) is 33.7 Å². The summed E-state index contributed by atoms with van der Waals surface area (Å²) in [7, 11) is 0. The van der Waals surface area contributed by atoms with Crippen LogP contribution in [0.3, 0.4) is 0 Å². The Hall–Kier alpha value is -1.30. The lowest BCUT2D eigenvalue weighted by Gasteiger charge is -2.35. The van der Waals surface area contributed by atoms with E-state index in [1.807, 2.05) is 25.7 Å². The molecule has 0 unspecified atom stereocenters. The van der Waals surface area contributed by atoms with Gasteiger partial charge in [-0.2, -0.15) is 0 Å². The molecule has 1 aliphatic rings. The van der Waals surface area contributed by atoms with E-state index in [-0.39, 0.29) is 12.0 Å². The van der Waals surface area contributed by atoms with Crippen molar-refractivity contribution in [2.24, 2.45) is 0 Å². The number of nitrogens with one attached hydrogen (secondary N) is 1. The van der Waals surface area contributed by atoms with E-state index in [2.05, 4.69) is 12.2 Å². The summed E-state index contributed by atoms with van der Waals surface area (Å²) in [5.74, 6) is 0.122. The highest BCUT2D eigenvalue weighted by atomic mass is 16.6. The van der Waals surface area contributed by atoms with Crippen LogP contribution in [0.4, 0.5) is 4.79 Å². The van der Waals surface area contributed by atoms with Crippen LogP contribution in [0.25, 0.3) is 0 Å². The number of carbonyl (C=O) groups is 2. The molecule has 0 bridgehead atoms. The number of piperazine rings is 1. The average molecular weight is 370 g/mol. The topological polar surface area (TPSA) is 61.9 Å². The van der Waals surface area contributed by atoms with Gasteiger partial charge in [-0.3, -0.25) is 4.79 Å². The van der Waals surface area contributed by atoms with E-state index >= 15 is 0 Å². The zero-order valence-electron chi connectivity index (χ0n) is 17.3. The maximum Gasteiger partial charge on any atom is 0.410 e. The molecule has 1 fully saturated rings. The molecule has 26 heavy (non-hydrogen) atoms. The van der Waals surface area contributed by atoms with E-state index < -0.39 is 5.60 Å². The molecule has 6 nitrogen and oxygen atoms in total. The van der Waals surface area contributed by atoms with Gasteiger partial charge in [-0.15, -0.1) is 0 Å². The third-order valence-corrected chi connectivity index (χ3v) is 4.52. The monoisotopic (exact) mass is 369 g/mol. The van der Waals surface area contributed by atoms with Gasteiger partial charge < -0.3 is 19.9 Å². The van der Waals surface area contributed by atoms with Crippen molar-refractivity contribution in [3.63, 3.8) is 0 Å². The number of nitrogens with zero attached hydrogens (tertiary/aromatic N) is 2. The Bertz CT molecular complexity index is 413. The molecule has 1 saturated heterocycles. The van der Waals surface area contributed by atoms with Crippen molar-refractivity contribution in [1.82, 2.24) is 15.1 Å². The third kappa shape index (κ3) is 10.00. The summed E-state index contributed by atoms with van der Waals surface area (Å²) in [6.45, 7) is 11.4. The number of unbranched alkanes of at least 4 members (excludes halogenated alkanes) is 6. The molecule has 2 amide bonds. The zero-order chi connectivity index (χ0) is 19.4. The minimum absolute atomic E-state index is 0.122. The molecule has 1 aliphatic heterocycles. The second-order valence-electron chi connectivity index (χ2n) is 8.15. The van der Waals surface area contributed by atoms with Crippen LogP contribution < -0.4 is 5.32 Å². The second kappa shape index (κ2) is 12.2. The first-order valence-electron chi connectivity index (χ1n) is 10.3. The van der Waals surface area contributed by atoms with Gasteiger partial charge >= 0.3 is 6.09 Å². The lowest BCUT2D eigenvalue weighted by Crippen LogP contribution is -2.53. The van der Waals surface area contributed by atoms with E-state index in [9.17, 15) is 9.59 Å². The highest BCUT2D eigenvalue weighted by Gasteiger charge is 2.27. The summed E-state index contributed by atoms with van der Waals surface area (Å²) in [4.78, 5) is 27.8. The number of carbonyl (C=O) groups excluding carboxylic acids is 2. The average Bonchev–Trinajstić information content (AvgIpc) is 2.59. The first-order valence-corrected chi connectivity index (χ1v) is 10.3. The van der Waals surface area contributed by atoms with Crippen molar-refractivity contribution in [3.8, 4) is 0 Å². The van der Waals surface area contributed by atoms with Gasteiger partial charge in [0.05, 0.1) is 6.54 Å². The smallest absolute Gasteiger partial charge is 0.410 e.